The first-order valence-corrected chi connectivity index (χ1v) is 4.12. The van der Waals surface area contributed by atoms with E-state index < -0.39 is 0 Å². The molecule has 1 rings (SSSR count). The lowest BCUT2D eigenvalue weighted by atomic mass is 9.96. The van der Waals surface area contributed by atoms with Gasteiger partial charge in [0.2, 0.25) is 0 Å². The maximum atomic E-state index is 8.68. The van der Waals surface area contributed by atoms with Gasteiger partial charge in [0.25, 0.3) is 0 Å². The van der Waals surface area contributed by atoms with Crippen LogP contribution in [0.5, 0.6) is 0 Å². The van der Waals surface area contributed by atoms with Crippen LogP contribution in [0.1, 0.15) is 19.3 Å². The maximum Gasteiger partial charge on any atom is 0.179 e. The zero-order chi connectivity index (χ0) is 8.10. The lowest BCUT2D eigenvalue weighted by Crippen LogP contribution is -2.31. The summed E-state index contributed by atoms with van der Waals surface area (Å²) < 4.78 is 0. The number of hydrogen-bond acceptors (Lipinski definition) is 3. The molecule has 0 saturated carbocycles. The van der Waals surface area contributed by atoms with Crippen LogP contribution >= 0.6 is 0 Å². The van der Waals surface area contributed by atoms with Crippen LogP contribution in [0.25, 0.3) is 0 Å². The third-order valence-corrected chi connectivity index (χ3v) is 2.20. The molecule has 1 aliphatic heterocycles. The summed E-state index contributed by atoms with van der Waals surface area (Å²) in [5.41, 5.74) is 0. The summed E-state index contributed by atoms with van der Waals surface area (Å²) in [5, 5.41) is 17.3. The molecule has 62 valence electrons. The Morgan fingerprint density at radius 2 is 2.45 bits per heavy atom. The Morgan fingerprint density at radius 1 is 1.64 bits per heavy atom. The Morgan fingerprint density at radius 3 is 3.09 bits per heavy atom. The summed E-state index contributed by atoms with van der Waals surface area (Å²) in [6.07, 6.45) is 5.25. The number of rotatable bonds is 2. The Balaban J connectivity index is 2.29. The molecule has 1 N–H and O–H groups in total. The summed E-state index contributed by atoms with van der Waals surface area (Å²) >= 11 is 0. The number of likely N-dealkylation sites (tertiary alicyclic amines) is 1. The van der Waals surface area contributed by atoms with Crippen molar-refractivity contribution in [2.24, 2.45) is 5.92 Å². The molecule has 1 fully saturated rings. The van der Waals surface area contributed by atoms with Crippen LogP contribution < -0.4 is 0 Å². The van der Waals surface area contributed by atoms with Crippen molar-refractivity contribution in [3.05, 3.63) is 0 Å². The Bertz CT molecular complexity index is 151. The molecule has 1 atom stereocenters. The first-order chi connectivity index (χ1) is 5.36. The molecule has 0 radical (unpaired) electrons. The van der Waals surface area contributed by atoms with Crippen LogP contribution in [-0.2, 0) is 0 Å². The highest BCUT2D eigenvalue weighted by atomic mass is 16.3. The minimum Gasteiger partial charge on any atom is -0.396 e. The van der Waals surface area contributed by atoms with Crippen LogP contribution in [0.4, 0.5) is 0 Å². The molecule has 0 aromatic carbocycles. The molecule has 0 spiro atoms. The predicted molar refractivity (Wildman–Crippen MR) is 41.6 cm³/mol. The van der Waals surface area contributed by atoms with Gasteiger partial charge in [0, 0.05) is 19.7 Å². The third kappa shape index (κ3) is 2.39. The Labute approximate surface area is 67.2 Å². The van der Waals surface area contributed by atoms with E-state index in [0.29, 0.717) is 5.92 Å². The van der Waals surface area contributed by atoms with Crippen molar-refractivity contribution in [3.8, 4) is 6.19 Å². The van der Waals surface area contributed by atoms with Crippen LogP contribution in [0.15, 0.2) is 0 Å². The summed E-state index contributed by atoms with van der Waals surface area (Å²) in [4.78, 5) is 1.78. The molecule has 3 heteroatoms. The van der Waals surface area contributed by atoms with Gasteiger partial charge in [-0.05, 0) is 25.2 Å². The number of hydrogen-bond donors (Lipinski definition) is 1. The van der Waals surface area contributed by atoms with Crippen LogP contribution in [-0.4, -0.2) is 29.7 Å². The highest BCUT2D eigenvalue weighted by Crippen LogP contribution is 2.17. The molecule has 0 amide bonds. The average Bonchev–Trinajstić information content (AvgIpc) is 2.06. The predicted octanol–water partition coefficient (Wildman–Crippen LogP) is 0.562. The van der Waals surface area contributed by atoms with Gasteiger partial charge in [0.15, 0.2) is 6.19 Å². The monoisotopic (exact) mass is 154 g/mol. The number of nitriles is 1. The molecule has 0 aromatic heterocycles. The van der Waals surface area contributed by atoms with Crippen molar-refractivity contribution in [2.75, 3.05) is 19.7 Å². The largest absolute Gasteiger partial charge is 0.396 e. The second-order valence-electron chi connectivity index (χ2n) is 3.07. The molecular weight excluding hydrogens is 140 g/mol. The van der Waals surface area contributed by atoms with Gasteiger partial charge in [-0.15, -0.1) is 0 Å². The highest BCUT2D eigenvalue weighted by molar-refractivity contribution is 4.81. The standard InChI is InChI=1S/C8H14N2O/c9-7-10-4-1-2-8(6-10)3-5-11/h8,11H,1-6H2. The fourth-order valence-electron chi connectivity index (χ4n) is 1.57. The fraction of sp³-hybridized carbons (Fsp3) is 0.875. The molecule has 0 aromatic rings. The number of piperidine rings is 1. The molecule has 3 nitrogen and oxygen atoms in total. The normalized spacial score (nSPS) is 24.7. The van der Waals surface area contributed by atoms with Gasteiger partial charge in [0.05, 0.1) is 0 Å². The first kappa shape index (κ1) is 8.35. The van der Waals surface area contributed by atoms with Crippen molar-refractivity contribution in [2.45, 2.75) is 19.3 Å². The van der Waals surface area contributed by atoms with E-state index in [9.17, 15) is 0 Å². The van der Waals surface area contributed by atoms with Crippen molar-refractivity contribution in [1.29, 1.82) is 5.26 Å². The van der Waals surface area contributed by atoms with Crippen molar-refractivity contribution in [3.63, 3.8) is 0 Å². The van der Waals surface area contributed by atoms with E-state index in [1.807, 2.05) is 0 Å². The summed E-state index contributed by atoms with van der Waals surface area (Å²) in [7, 11) is 0. The van der Waals surface area contributed by atoms with E-state index in [4.69, 9.17) is 10.4 Å². The molecule has 11 heavy (non-hydrogen) atoms. The van der Waals surface area contributed by atoms with E-state index in [-0.39, 0.29) is 6.61 Å². The van der Waals surface area contributed by atoms with Gasteiger partial charge < -0.3 is 10.0 Å². The minimum atomic E-state index is 0.254. The van der Waals surface area contributed by atoms with Gasteiger partial charge in [0.1, 0.15) is 0 Å². The van der Waals surface area contributed by atoms with Crippen molar-refractivity contribution in [1.82, 2.24) is 4.90 Å². The number of aliphatic hydroxyl groups is 1. The fourth-order valence-corrected chi connectivity index (χ4v) is 1.57. The molecule has 1 saturated heterocycles. The summed E-state index contributed by atoms with van der Waals surface area (Å²) in [5.74, 6) is 0.536. The van der Waals surface area contributed by atoms with Crippen molar-refractivity contribution >= 4 is 0 Å². The molecular formula is C8H14N2O. The number of nitrogens with zero attached hydrogens (tertiary/aromatic N) is 2. The maximum absolute atomic E-state index is 8.68. The lowest BCUT2D eigenvalue weighted by molar-refractivity contribution is 0.190. The first-order valence-electron chi connectivity index (χ1n) is 4.12. The second kappa shape index (κ2) is 4.20. The topological polar surface area (TPSA) is 47.3 Å². The van der Waals surface area contributed by atoms with Gasteiger partial charge in [-0.25, -0.2) is 0 Å². The zero-order valence-corrected chi connectivity index (χ0v) is 6.66. The lowest BCUT2D eigenvalue weighted by Gasteiger charge is -2.27. The molecule has 0 bridgehead atoms. The smallest absolute Gasteiger partial charge is 0.179 e. The van der Waals surface area contributed by atoms with Gasteiger partial charge >= 0.3 is 0 Å². The van der Waals surface area contributed by atoms with E-state index in [2.05, 4.69) is 6.19 Å². The van der Waals surface area contributed by atoms with E-state index in [1.165, 1.54) is 6.42 Å². The molecule has 1 unspecified atom stereocenters. The molecule has 1 heterocycles. The average molecular weight is 154 g/mol. The van der Waals surface area contributed by atoms with Gasteiger partial charge in [-0.3, -0.25) is 0 Å². The molecule has 1 aliphatic rings. The zero-order valence-electron chi connectivity index (χ0n) is 6.66. The third-order valence-electron chi connectivity index (χ3n) is 2.20. The minimum absolute atomic E-state index is 0.254. The Hall–Kier alpha value is -0.750. The second-order valence-corrected chi connectivity index (χ2v) is 3.07. The van der Waals surface area contributed by atoms with Gasteiger partial charge in [-0.1, -0.05) is 0 Å². The van der Waals surface area contributed by atoms with Crippen molar-refractivity contribution < 1.29 is 5.11 Å². The van der Waals surface area contributed by atoms with Gasteiger partial charge in [-0.2, -0.15) is 5.26 Å². The van der Waals surface area contributed by atoms with E-state index in [1.54, 1.807) is 4.90 Å². The van der Waals surface area contributed by atoms with Crippen LogP contribution in [0.3, 0.4) is 0 Å². The quantitative estimate of drug-likeness (QED) is 0.591. The van der Waals surface area contributed by atoms with Crippen LogP contribution in [0.2, 0.25) is 0 Å². The Kier molecular flexibility index (Phi) is 3.18. The summed E-state index contributed by atoms with van der Waals surface area (Å²) in [6, 6.07) is 0. The van der Waals surface area contributed by atoms with E-state index in [0.717, 1.165) is 25.9 Å². The van der Waals surface area contributed by atoms with Crippen LogP contribution in [0, 0.1) is 17.4 Å². The van der Waals surface area contributed by atoms with E-state index >= 15 is 0 Å². The highest BCUT2D eigenvalue weighted by Gasteiger charge is 2.17. The number of aliphatic hydroxyl groups excluding tert-OH is 1. The molecule has 0 aliphatic carbocycles. The summed E-state index contributed by atoms with van der Waals surface area (Å²) in [6.45, 7) is 2.00. The SMILES string of the molecule is N#CN1CCCC(CCO)C1.